The van der Waals surface area contributed by atoms with Crippen LogP contribution in [0.2, 0.25) is 0 Å². The second-order valence-corrected chi connectivity index (χ2v) is 12.1. The zero-order valence-electron chi connectivity index (χ0n) is 19.9. The van der Waals surface area contributed by atoms with E-state index in [0.717, 1.165) is 12.8 Å². The molecule has 0 aromatic heterocycles. The molecular formula is C23H32F4N4O4S. The maximum Gasteiger partial charge on any atom is 0.389 e. The summed E-state index contributed by atoms with van der Waals surface area (Å²) in [5.74, 6) is -1.51. The number of carbonyl (C=O) groups excluding carboxylic acids is 1. The predicted octanol–water partition coefficient (Wildman–Crippen LogP) is 2.66. The monoisotopic (exact) mass is 536 g/mol. The number of benzene rings is 1. The summed E-state index contributed by atoms with van der Waals surface area (Å²) in [5, 5.41) is 9.34. The van der Waals surface area contributed by atoms with E-state index in [-0.39, 0.29) is 57.4 Å². The molecule has 1 saturated carbocycles. The first kappa shape index (κ1) is 27.1. The van der Waals surface area contributed by atoms with Gasteiger partial charge < -0.3 is 9.80 Å². The Balaban J connectivity index is 1.39. The number of halogens is 4. The van der Waals surface area contributed by atoms with Crippen molar-refractivity contribution >= 4 is 21.6 Å². The molecule has 202 valence electrons. The molecule has 8 nitrogen and oxygen atoms in total. The van der Waals surface area contributed by atoms with Gasteiger partial charge in [-0.1, -0.05) is 6.07 Å². The molecule has 3 aliphatic rings. The number of carbonyl (C=O) groups is 1. The summed E-state index contributed by atoms with van der Waals surface area (Å²) in [7, 11) is -4.09. The van der Waals surface area contributed by atoms with Crippen LogP contribution in [0.3, 0.4) is 0 Å². The van der Waals surface area contributed by atoms with Gasteiger partial charge in [0.05, 0.1) is 0 Å². The van der Waals surface area contributed by atoms with E-state index in [1.807, 2.05) is 4.90 Å². The lowest BCUT2D eigenvalue weighted by molar-refractivity contribution is -0.135. The minimum Gasteiger partial charge on any atom is -0.369 e. The molecule has 1 aliphatic carbocycles. The second-order valence-electron chi connectivity index (χ2n) is 9.84. The molecule has 2 N–H and O–H groups in total. The van der Waals surface area contributed by atoms with E-state index >= 15 is 0 Å². The van der Waals surface area contributed by atoms with Crippen LogP contribution in [0.4, 0.5) is 23.2 Å². The number of hydrogen-bond donors (Lipinski definition) is 2. The predicted molar refractivity (Wildman–Crippen MR) is 125 cm³/mol. The minimum absolute atomic E-state index is 0.0230. The van der Waals surface area contributed by atoms with E-state index in [2.05, 4.69) is 4.90 Å². The van der Waals surface area contributed by atoms with E-state index in [9.17, 15) is 36.0 Å². The van der Waals surface area contributed by atoms with Gasteiger partial charge in [-0.3, -0.25) is 10.0 Å². The molecular weight excluding hydrogens is 504 g/mol. The Labute approximate surface area is 208 Å². The normalized spacial score (nSPS) is 22.0. The number of sulfonamides is 1. The molecule has 0 bridgehead atoms. The highest BCUT2D eigenvalue weighted by atomic mass is 32.2. The fourth-order valence-corrected chi connectivity index (χ4v) is 7.36. The molecule has 1 aromatic carbocycles. The molecule has 2 aliphatic heterocycles. The van der Waals surface area contributed by atoms with Crippen molar-refractivity contribution in [1.29, 1.82) is 0 Å². The number of alkyl halides is 3. The summed E-state index contributed by atoms with van der Waals surface area (Å²) in [6, 6.07) is 4.81. The lowest BCUT2D eigenvalue weighted by Crippen LogP contribution is -2.63. The molecule has 0 radical (unpaired) electrons. The summed E-state index contributed by atoms with van der Waals surface area (Å²) in [6.07, 6.45) is -3.13. The molecule has 36 heavy (non-hydrogen) atoms. The first-order valence-electron chi connectivity index (χ1n) is 12.3. The summed E-state index contributed by atoms with van der Waals surface area (Å²) < 4.78 is 78.4. The molecule has 2 saturated heterocycles. The number of hydroxylamine groups is 1. The number of rotatable bonds is 8. The zero-order valence-corrected chi connectivity index (χ0v) is 20.8. The third kappa shape index (κ3) is 5.63. The highest BCUT2D eigenvalue weighted by molar-refractivity contribution is 7.91. The Morgan fingerprint density at radius 3 is 2.25 bits per heavy atom. The van der Waals surface area contributed by atoms with E-state index in [1.165, 1.54) is 16.4 Å². The minimum atomic E-state index is -4.28. The lowest BCUT2D eigenvalue weighted by atomic mass is 9.95. The van der Waals surface area contributed by atoms with Crippen LogP contribution in [-0.4, -0.2) is 85.0 Å². The van der Waals surface area contributed by atoms with Gasteiger partial charge >= 0.3 is 6.18 Å². The number of anilines is 1. The highest BCUT2D eigenvalue weighted by Gasteiger charge is 2.55. The standard InChI is InChI=1S/C23H32F4N4O4S/c24-20-16-19(4-3-17(20)2-1-7-23(25,26)27)30-12-14-31(15-13-30)36(34,35)22(21(32)28-33)8-10-29(11-9-22)18-5-6-18/h3-4,16,18,33H,1-2,5-15H2,(H,28,32). The van der Waals surface area contributed by atoms with Crippen LogP contribution in [0.15, 0.2) is 18.2 Å². The molecule has 0 unspecified atom stereocenters. The van der Waals surface area contributed by atoms with Gasteiger partial charge in [0.1, 0.15) is 5.82 Å². The van der Waals surface area contributed by atoms with Crippen LogP contribution < -0.4 is 10.4 Å². The summed E-state index contributed by atoms with van der Waals surface area (Å²) in [4.78, 5) is 16.7. The maximum atomic E-state index is 14.5. The van der Waals surface area contributed by atoms with E-state index in [0.29, 0.717) is 24.8 Å². The van der Waals surface area contributed by atoms with Gasteiger partial charge in [0, 0.05) is 57.4 Å². The van der Waals surface area contributed by atoms with Crippen molar-refractivity contribution in [1.82, 2.24) is 14.7 Å². The van der Waals surface area contributed by atoms with E-state index in [1.54, 1.807) is 11.5 Å². The topological polar surface area (TPSA) is 93.2 Å². The van der Waals surface area contributed by atoms with E-state index < -0.39 is 39.1 Å². The number of amides is 1. The van der Waals surface area contributed by atoms with Crippen LogP contribution in [0.1, 0.15) is 44.1 Å². The van der Waals surface area contributed by atoms with Crippen molar-refractivity contribution in [2.75, 3.05) is 44.2 Å². The van der Waals surface area contributed by atoms with Crippen LogP contribution in [0.5, 0.6) is 0 Å². The molecule has 3 fully saturated rings. The number of nitrogens with zero attached hydrogens (tertiary/aromatic N) is 3. The molecule has 13 heteroatoms. The van der Waals surface area contributed by atoms with Crippen molar-refractivity contribution in [2.45, 2.75) is 61.9 Å². The van der Waals surface area contributed by atoms with Gasteiger partial charge in [-0.15, -0.1) is 0 Å². The lowest BCUT2D eigenvalue weighted by Gasteiger charge is -2.44. The number of nitrogens with one attached hydrogen (secondary N) is 1. The first-order chi connectivity index (χ1) is 17.0. The van der Waals surface area contributed by atoms with Crippen LogP contribution in [0, 0.1) is 5.82 Å². The molecule has 4 rings (SSSR count). The van der Waals surface area contributed by atoms with Crippen LogP contribution >= 0.6 is 0 Å². The van der Waals surface area contributed by atoms with Crippen LogP contribution in [-0.2, 0) is 21.2 Å². The summed E-state index contributed by atoms with van der Waals surface area (Å²) in [5.41, 5.74) is 2.30. The first-order valence-corrected chi connectivity index (χ1v) is 13.7. The smallest absolute Gasteiger partial charge is 0.369 e. The Bertz CT molecular complexity index is 1050. The van der Waals surface area contributed by atoms with Gasteiger partial charge in [0.15, 0.2) is 4.75 Å². The van der Waals surface area contributed by atoms with Crippen molar-refractivity contribution in [3.8, 4) is 0 Å². The summed E-state index contributed by atoms with van der Waals surface area (Å²) in [6.45, 7) is 1.63. The third-order valence-corrected chi connectivity index (χ3v) is 10.2. The Morgan fingerprint density at radius 1 is 1.08 bits per heavy atom. The largest absolute Gasteiger partial charge is 0.389 e. The fourth-order valence-electron chi connectivity index (χ4n) is 5.24. The maximum absolute atomic E-state index is 14.5. The Morgan fingerprint density at radius 2 is 1.72 bits per heavy atom. The Kier molecular flexibility index (Phi) is 7.84. The average molecular weight is 537 g/mol. The summed E-state index contributed by atoms with van der Waals surface area (Å²) >= 11 is 0. The van der Waals surface area contributed by atoms with Gasteiger partial charge in [-0.2, -0.15) is 17.5 Å². The Hall–Kier alpha value is -1.96. The molecule has 1 aromatic rings. The van der Waals surface area contributed by atoms with E-state index in [4.69, 9.17) is 0 Å². The number of hydrogen-bond acceptors (Lipinski definition) is 6. The molecule has 1 amide bonds. The van der Waals surface area contributed by atoms with Gasteiger partial charge in [0.2, 0.25) is 10.0 Å². The van der Waals surface area contributed by atoms with Gasteiger partial charge in [-0.25, -0.2) is 18.3 Å². The highest BCUT2D eigenvalue weighted by Crippen LogP contribution is 2.38. The van der Waals surface area contributed by atoms with Crippen molar-refractivity contribution < 1.29 is 36.0 Å². The molecule has 0 atom stereocenters. The SMILES string of the molecule is O=C(NO)C1(S(=O)(=O)N2CCN(c3ccc(CCCC(F)(F)F)c(F)c3)CC2)CCN(C2CC2)CC1. The number of piperazine rings is 1. The van der Waals surface area contributed by atoms with Crippen LogP contribution in [0.25, 0.3) is 0 Å². The fraction of sp³-hybridized carbons (Fsp3) is 0.696. The average Bonchev–Trinajstić information content (AvgIpc) is 3.69. The second kappa shape index (κ2) is 10.4. The zero-order chi connectivity index (χ0) is 26.1. The molecule has 0 spiro atoms. The van der Waals surface area contributed by atoms with Crippen molar-refractivity contribution in [3.63, 3.8) is 0 Å². The van der Waals surface area contributed by atoms with Gasteiger partial charge in [-0.05, 0) is 56.2 Å². The number of likely N-dealkylation sites (tertiary alicyclic amines) is 1. The van der Waals surface area contributed by atoms with Crippen molar-refractivity contribution in [2.24, 2.45) is 0 Å². The molecule has 2 heterocycles. The number of aryl methyl sites for hydroxylation is 1. The third-order valence-electron chi connectivity index (χ3n) is 7.56. The number of piperidine rings is 1. The quantitative estimate of drug-likeness (QED) is 0.302. The van der Waals surface area contributed by atoms with Crippen molar-refractivity contribution in [3.05, 3.63) is 29.6 Å². The van der Waals surface area contributed by atoms with Gasteiger partial charge in [0.25, 0.3) is 5.91 Å².